The smallest absolute Gasteiger partial charge is 0.248 e. The lowest BCUT2D eigenvalue weighted by atomic mass is 10.2. The number of primary amides is 1. The quantitative estimate of drug-likeness (QED) is 0.861. The zero-order valence-corrected chi connectivity index (χ0v) is 10.3. The number of rotatable bonds is 3. The fourth-order valence-electron chi connectivity index (χ4n) is 1.66. The van der Waals surface area contributed by atoms with Gasteiger partial charge in [0.25, 0.3) is 0 Å². The van der Waals surface area contributed by atoms with Crippen LogP contribution < -0.4 is 11.1 Å². The van der Waals surface area contributed by atoms with Crippen LogP contribution >= 0.6 is 0 Å². The molecule has 0 spiro atoms. The van der Waals surface area contributed by atoms with E-state index in [-0.39, 0.29) is 0 Å². The number of benzene rings is 1. The molecule has 0 aliphatic heterocycles. The van der Waals surface area contributed by atoms with Crippen molar-refractivity contribution < 1.29 is 4.79 Å². The normalized spacial score (nSPS) is 10.1. The molecule has 0 atom stereocenters. The van der Waals surface area contributed by atoms with Crippen LogP contribution in [-0.4, -0.2) is 15.9 Å². The van der Waals surface area contributed by atoms with Crippen LogP contribution in [0.2, 0.25) is 0 Å². The van der Waals surface area contributed by atoms with Crippen molar-refractivity contribution in [1.82, 2.24) is 9.97 Å². The molecule has 5 heteroatoms. The number of nitrogens with two attached hydrogens (primary N) is 1. The molecule has 1 amide bonds. The first-order valence-corrected chi connectivity index (χ1v) is 5.54. The Labute approximate surface area is 105 Å². The molecule has 1 heterocycles. The predicted molar refractivity (Wildman–Crippen MR) is 69.7 cm³/mol. The maximum atomic E-state index is 11.1. The Bertz CT molecular complexity index is 575. The molecule has 92 valence electrons. The molecule has 0 radical (unpaired) electrons. The SMILES string of the molecule is Cc1cc(C)nc(Nc2cccc(C(N)=O)c2)n1. The van der Waals surface area contributed by atoms with Gasteiger partial charge in [0, 0.05) is 22.6 Å². The molecule has 2 rings (SSSR count). The van der Waals surface area contributed by atoms with Crippen molar-refractivity contribution in [1.29, 1.82) is 0 Å². The minimum atomic E-state index is -0.458. The first kappa shape index (κ1) is 12.0. The van der Waals surface area contributed by atoms with Crippen molar-refractivity contribution >= 4 is 17.5 Å². The van der Waals surface area contributed by atoms with Gasteiger partial charge in [-0.3, -0.25) is 4.79 Å². The molecule has 0 saturated carbocycles. The Balaban J connectivity index is 2.28. The van der Waals surface area contributed by atoms with E-state index in [0.717, 1.165) is 17.1 Å². The van der Waals surface area contributed by atoms with Gasteiger partial charge < -0.3 is 11.1 Å². The lowest BCUT2D eigenvalue weighted by Gasteiger charge is -2.07. The maximum absolute atomic E-state index is 11.1. The van der Waals surface area contributed by atoms with Gasteiger partial charge >= 0.3 is 0 Å². The van der Waals surface area contributed by atoms with Crippen molar-refractivity contribution in [3.8, 4) is 0 Å². The molecule has 0 aliphatic carbocycles. The summed E-state index contributed by atoms with van der Waals surface area (Å²) in [7, 11) is 0. The average molecular weight is 242 g/mol. The molecular formula is C13H14N4O. The third kappa shape index (κ3) is 2.82. The second kappa shape index (κ2) is 4.83. The zero-order valence-electron chi connectivity index (χ0n) is 10.3. The van der Waals surface area contributed by atoms with Crippen LogP contribution in [0.1, 0.15) is 21.7 Å². The molecule has 5 nitrogen and oxygen atoms in total. The summed E-state index contributed by atoms with van der Waals surface area (Å²) < 4.78 is 0. The van der Waals surface area contributed by atoms with E-state index in [1.54, 1.807) is 18.2 Å². The van der Waals surface area contributed by atoms with E-state index in [2.05, 4.69) is 15.3 Å². The van der Waals surface area contributed by atoms with Crippen LogP contribution in [0.5, 0.6) is 0 Å². The Morgan fingerprint density at radius 2 is 1.83 bits per heavy atom. The number of anilines is 2. The van der Waals surface area contributed by atoms with Crippen molar-refractivity contribution in [2.45, 2.75) is 13.8 Å². The summed E-state index contributed by atoms with van der Waals surface area (Å²) in [6.45, 7) is 3.80. The minimum absolute atomic E-state index is 0.448. The fourth-order valence-corrected chi connectivity index (χ4v) is 1.66. The monoisotopic (exact) mass is 242 g/mol. The number of hydrogen-bond donors (Lipinski definition) is 2. The third-order valence-electron chi connectivity index (χ3n) is 2.39. The molecule has 3 N–H and O–H groups in total. The third-order valence-corrected chi connectivity index (χ3v) is 2.39. The summed E-state index contributed by atoms with van der Waals surface area (Å²) in [6, 6.07) is 8.81. The summed E-state index contributed by atoms with van der Waals surface area (Å²) in [5.74, 6) is 0.0501. The number of carbonyl (C=O) groups excluding carboxylic acids is 1. The average Bonchev–Trinajstić information content (AvgIpc) is 2.27. The van der Waals surface area contributed by atoms with E-state index in [1.165, 1.54) is 0 Å². The minimum Gasteiger partial charge on any atom is -0.366 e. The van der Waals surface area contributed by atoms with Crippen molar-refractivity contribution in [2.75, 3.05) is 5.32 Å². The Hall–Kier alpha value is -2.43. The van der Waals surface area contributed by atoms with Crippen LogP contribution in [0, 0.1) is 13.8 Å². The molecule has 0 unspecified atom stereocenters. The van der Waals surface area contributed by atoms with Crippen LogP contribution in [0.3, 0.4) is 0 Å². The van der Waals surface area contributed by atoms with Gasteiger partial charge in [0.05, 0.1) is 0 Å². The Morgan fingerprint density at radius 1 is 1.17 bits per heavy atom. The molecule has 0 fully saturated rings. The van der Waals surface area contributed by atoms with Gasteiger partial charge in [-0.1, -0.05) is 6.07 Å². The van der Waals surface area contributed by atoms with Crippen LogP contribution in [0.15, 0.2) is 30.3 Å². The summed E-state index contributed by atoms with van der Waals surface area (Å²) >= 11 is 0. The fraction of sp³-hybridized carbons (Fsp3) is 0.154. The highest BCUT2D eigenvalue weighted by atomic mass is 16.1. The van der Waals surface area contributed by atoms with E-state index in [4.69, 9.17) is 5.73 Å². The topological polar surface area (TPSA) is 80.9 Å². The predicted octanol–water partition coefficient (Wildman–Crippen LogP) is 1.94. The van der Waals surface area contributed by atoms with Crippen LogP contribution in [0.4, 0.5) is 11.6 Å². The molecule has 0 aliphatic rings. The Kier molecular flexibility index (Phi) is 3.23. The number of aryl methyl sites for hydroxylation is 2. The van der Waals surface area contributed by atoms with E-state index in [1.807, 2.05) is 26.0 Å². The van der Waals surface area contributed by atoms with E-state index in [0.29, 0.717) is 11.5 Å². The standard InChI is InChI=1S/C13H14N4O/c1-8-6-9(2)16-13(15-8)17-11-5-3-4-10(7-11)12(14)18/h3-7H,1-2H3,(H2,14,18)(H,15,16,17). The van der Waals surface area contributed by atoms with E-state index in [9.17, 15) is 4.79 Å². The van der Waals surface area contributed by atoms with E-state index < -0.39 is 5.91 Å². The van der Waals surface area contributed by atoms with Crippen LogP contribution in [0.25, 0.3) is 0 Å². The maximum Gasteiger partial charge on any atom is 0.248 e. The van der Waals surface area contributed by atoms with Crippen molar-refractivity contribution in [3.05, 3.63) is 47.3 Å². The first-order valence-electron chi connectivity index (χ1n) is 5.54. The number of hydrogen-bond acceptors (Lipinski definition) is 4. The lowest BCUT2D eigenvalue weighted by molar-refractivity contribution is 0.100. The zero-order chi connectivity index (χ0) is 13.1. The molecule has 0 bridgehead atoms. The summed E-state index contributed by atoms with van der Waals surface area (Å²) in [4.78, 5) is 19.6. The molecular weight excluding hydrogens is 228 g/mol. The van der Waals surface area contributed by atoms with Gasteiger partial charge in [0.15, 0.2) is 0 Å². The second-order valence-electron chi connectivity index (χ2n) is 4.04. The number of amides is 1. The molecule has 0 saturated heterocycles. The van der Waals surface area contributed by atoms with Crippen molar-refractivity contribution in [3.63, 3.8) is 0 Å². The summed E-state index contributed by atoms with van der Waals surface area (Å²) in [5, 5.41) is 3.05. The highest BCUT2D eigenvalue weighted by Gasteiger charge is 2.03. The van der Waals surface area contributed by atoms with Crippen LogP contribution in [-0.2, 0) is 0 Å². The largest absolute Gasteiger partial charge is 0.366 e. The van der Waals surface area contributed by atoms with Gasteiger partial charge in [-0.2, -0.15) is 0 Å². The molecule has 2 aromatic rings. The number of carbonyl (C=O) groups is 1. The molecule has 1 aromatic heterocycles. The van der Waals surface area contributed by atoms with Gasteiger partial charge in [0.2, 0.25) is 11.9 Å². The number of nitrogens with one attached hydrogen (secondary N) is 1. The first-order chi connectivity index (χ1) is 8.54. The van der Waals surface area contributed by atoms with Gasteiger partial charge in [-0.05, 0) is 38.1 Å². The molecule has 18 heavy (non-hydrogen) atoms. The number of aromatic nitrogens is 2. The Morgan fingerprint density at radius 3 is 2.44 bits per heavy atom. The van der Waals surface area contributed by atoms with Gasteiger partial charge in [-0.15, -0.1) is 0 Å². The van der Waals surface area contributed by atoms with Gasteiger partial charge in [-0.25, -0.2) is 9.97 Å². The lowest BCUT2D eigenvalue weighted by Crippen LogP contribution is -2.11. The summed E-state index contributed by atoms with van der Waals surface area (Å²) in [6.07, 6.45) is 0. The highest BCUT2D eigenvalue weighted by Crippen LogP contribution is 2.15. The van der Waals surface area contributed by atoms with Gasteiger partial charge in [0.1, 0.15) is 0 Å². The molecule has 1 aromatic carbocycles. The number of nitrogens with zero attached hydrogens (tertiary/aromatic N) is 2. The highest BCUT2D eigenvalue weighted by molar-refractivity contribution is 5.93. The van der Waals surface area contributed by atoms with Crippen molar-refractivity contribution in [2.24, 2.45) is 5.73 Å². The summed E-state index contributed by atoms with van der Waals surface area (Å²) in [5.41, 5.74) is 8.18. The second-order valence-corrected chi connectivity index (χ2v) is 4.04. The van der Waals surface area contributed by atoms with E-state index >= 15 is 0 Å².